The van der Waals surface area contributed by atoms with Crippen molar-refractivity contribution in [3.63, 3.8) is 0 Å². The Labute approximate surface area is 79.0 Å². The fraction of sp³-hybridized carbons (Fsp3) is 0.889. The van der Waals surface area contributed by atoms with Gasteiger partial charge in [0.15, 0.2) is 0 Å². The molecule has 0 aromatic carbocycles. The van der Waals surface area contributed by atoms with Crippen molar-refractivity contribution in [3.8, 4) is 0 Å². The van der Waals surface area contributed by atoms with Gasteiger partial charge in [0.2, 0.25) is 5.91 Å². The molecule has 13 heavy (non-hydrogen) atoms. The summed E-state index contributed by atoms with van der Waals surface area (Å²) in [5, 5.41) is 0. The third kappa shape index (κ3) is 2.19. The van der Waals surface area contributed by atoms with Crippen molar-refractivity contribution in [3.05, 3.63) is 0 Å². The van der Waals surface area contributed by atoms with Crippen molar-refractivity contribution in [2.45, 2.75) is 32.4 Å². The Balaban J connectivity index is 2.80. The van der Waals surface area contributed by atoms with Gasteiger partial charge in [-0.25, -0.2) is 0 Å². The molecule has 0 saturated carbocycles. The molecule has 4 nitrogen and oxygen atoms in total. The number of rotatable bonds is 1. The summed E-state index contributed by atoms with van der Waals surface area (Å²) in [5.41, 5.74) is 5.42. The van der Waals surface area contributed by atoms with E-state index in [4.69, 9.17) is 10.5 Å². The largest absolute Gasteiger partial charge is 0.369 e. The molecule has 4 heteroatoms. The molecule has 0 radical (unpaired) electrons. The molecule has 0 aliphatic carbocycles. The second-order valence-corrected chi connectivity index (χ2v) is 4.34. The molecule has 0 spiro atoms. The van der Waals surface area contributed by atoms with E-state index in [1.807, 2.05) is 25.7 Å². The Morgan fingerprint density at radius 2 is 2.23 bits per heavy atom. The fourth-order valence-electron chi connectivity index (χ4n) is 1.73. The van der Waals surface area contributed by atoms with Gasteiger partial charge in [-0.05, 0) is 20.8 Å². The first-order valence-electron chi connectivity index (χ1n) is 4.57. The molecule has 1 aliphatic heterocycles. The van der Waals surface area contributed by atoms with Crippen LogP contribution in [0.5, 0.6) is 0 Å². The van der Waals surface area contributed by atoms with Crippen LogP contribution in [0.3, 0.4) is 0 Å². The predicted octanol–water partition coefficient (Wildman–Crippen LogP) is -0.0290. The normalized spacial score (nSPS) is 25.1. The molecule has 0 aromatic heterocycles. The van der Waals surface area contributed by atoms with Gasteiger partial charge in [-0.1, -0.05) is 0 Å². The van der Waals surface area contributed by atoms with Gasteiger partial charge in [0, 0.05) is 12.1 Å². The lowest BCUT2D eigenvalue weighted by atomic mass is 10.0. The van der Waals surface area contributed by atoms with E-state index in [2.05, 4.69) is 0 Å². The Hall–Kier alpha value is -0.610. The molecule has 76 valence electrons. The van der Waals surface area contributed by atoms with Gasteiger partial charge in [-0.3, -0.25) is 4.79 Å². The first-order valence-corrected chi connectivity index (χ1v) is 4.57. The molecule has 1 unspecified atom stereocenters. The van der Waals surface area contributed by atoms with Gasteiger partial charge in [-0.2, -0.15) is 0 Å². The number of carbonyl (C=O) groups is 1. The highest BCUT2D eigenvalue weighted by Crippen LogP contribution is 2.20. The molecule has 1 saturated heterocycles. The third-order valence-electron chi connectivity index (χ3n) is 2.16. The number of nitrogens with two attached hydrogens (primary N) is 1. The van der Waals surface area contributed by atoms with Crippen LogP contribution in [-0.4, -0.2) is 42.1 Å². The summed E-state index contributed by atoms with van der Waals surface area (Å²) < 4.78 is 5.14. The van der Waals surface area contributed by atoms with Crippen LogP contribution in [0, 0.1) is 0 Å². The molecule has 1 rings (SSSR count). The monoisotopic (exact) mass is 186 g/mol. The van der Waals surface area contributed by atoms with Gasteiger partial charge in [0.05, 0.1) is 12.6 Å². The third-order valence-corrected chi connectivity index (χ3v) is 2.16. The Morgan fingerprint density at radius 3 is 2.62 bits per heavy atom. The zero-order valence-electron chi connectivity index (χ0n) is 8.54. The number of nitrogens with zero attached hydrogens (tertiary/aromatic N) is 1. The Morgan fingerprint density at radius 1 is 1.62 bits per heavy atom. The number of ether oxygens (including phenoxy) is 1. The van der Waals surface area contributed by atoms with Crippen LogP contribution in [0.4, 0.5) is 0 Å². The van der Waals surface area contributed by atoms with Gasteiger partial charge >= 0.3 is 0 Å². The first kappa shape index (κ1) is 10.5. The summed E-state index contributed by atoms with van der Waals surface area (Å²) in [4.78, 5) is 13.4. The van der Waals surface area contributed by atoms with Crippen molar-refractivity contribution in [1.29, 1.82) is 0 Å². The van der Waals surface area contributed by atoms with Crippen molar-refractivity contribution >= 4 is 5.91 Å². The average Bonchev–Trinajstić information content (AvgIpc) is 2.01. The van der Waals surface area contributed by atoms with Crippen molar-refractivity contribution in [1.82, 2.24) is 4.90 Å². The zero-order chi connectivity index (χ0) is 10.1. The summed E-state index contributed by atoms with van der Waals surface area (Å²) in [6.07, 6.45) is 0. The number of amides is 1. The minimum Gasteiger partial charge on any atom is -0.369 e. The number of morpholine rings is 1. The maximum absolute atomic E-state index is 11.6. The lowest BCUT2D eigenvalue weighted by molar-refractivity contribution is -0.155. The molecule has 1 heterocycles. The maximum atomic E-state index is 11.6. The van der Waals surface area contributed by atoms with Crippen LogP contribution in [0.25, 0.3) is 0 Å². The standard InChI is InChI=1S/C9H18N2O2/c1-9(2,3)11-7(4-10)5-13-6-8(11)12/h7H,4-6,10H2,1-3H3. The van der Waals surface area contributed by atoms with Gasteiger partial charge in [0.1, 0.15) is 6.61 Å². The summed E-state index contributed by atoms with van der Waals surface area (Å²) in [6, 6.07) is 0.0289. The molecule has 1 atom stereocenters. The zero-order valence-corrected chi connectivity index (χ0v) is 8.54. The van der Waals surface area contributed by atoms with E-state index in [9.17, 15) is 4.79 Å². The lowest BCUT2D eigenvalue weighted by Gasteiger charge is -2.43. The van der Waals surface area contributed by atoms with Gasteiger partial charge in [-0.15, -0.1) is 0 Å². The number of carbonyl (C=O) groups excluding carboxylic acids is 1. The van der Waals surface area contributed by atoms with Crippen LogP contribution in [0.2, 0.25) is 0 Å². The van der Waals surface area contributed by atoms with Crippen molar-refractivity contribution in [2.24, 2.45) is 5.73 Å². The minimum atomic E-state index is -0.162. The van der Waals surface area contributed by atoms with E-state index in [-0.39, 0.29) is 24.1 Å². The number of hydrogen-bond donors (Lipinski definition) is 1. The molecule has 1 aliphatic rings. The summed E-state index contributed by atoms with van der Waals surface area (Å²) in [5.74, 6) is 0.0363. The Kier molecular flexibility index (Phi) is 2.93. The van der Waals surface area contributed by atoms with E-state index >= 15 is 0 Å². The van der Waals surface area contributed by atoms with Gasteiger partial charge < -0.3 is 15.4 Å². The average molecular weight is 186 g/mol. The maximum Gasteiger partial charge on any atom is 0.249 e. The number of hydrogen-bond acceptors (Lipinski definition) is 3. The van der Waals surface area contributed by atoms with Crippen LogP contribution in [0.1, 0.15) is 20.8 Å². The Bertz CT molecular complexity index is 198. The molecule has 1 amide bonds. The van der Waals surface area contributed by atoms with E-state index in [1.165, 1.54) is 0 Å². The molecule has 0 aromatic rings. The second kappa shape index (κ2) is 3.64. The highest BCUT2D eigenvalue weighted by atomic mass is 16.5. The van der Waals surface area contributed by atoms with E-state index in [0.29, 0.717) is 13.2 Å². The summed E-state index contributed by atoms with van der Waals surface area (Å²) in [7, 11) is 0. The van der Waals surface area contributed by atoms with E-state index in [1.54, 1.807) is 0 Å². The highest BCUT2D eigenvalue weighted by molar-refractivity contribution is 5.79. The van der Waals surface area contributed by atoms with Crippen LogP contribution >= 0.6 is 0 Å². The lowest BCUT2D eigenvalue weighted by Crippen LogP contribution is -2.59. The first-order chi connectivity index (χ1) is 5.96. The SMILES string of the molecule is CC(C)(C)N1C(=O)COCC1CN. The van der Waals surface area contributed by atoms with E-state index < -0.39 is 0 Å². The van der Waals surface area contributed by atoms with Crippen molar-refractivity contribution < 1.29 is 9.53 Å². The fourth-order valence-corrected chi connectivity index (χ4v) is 1.73. The predicted molar refractivity (Wildman–Crippen MR) is 50.3 cm³/mol. The topological polar surface area (TPSA) is 55.6 Å². The second-order valence-electron chi connectivity index (χ2n) is 4.34. The molecule has 1 fully saturated rings. The van der Waals surface area contributed by atoms with Crippen molar-refractivity contribution in [2.75, 3.05) is 19.8 Å². The molecular formula is C9H18N2O2. The summed E-state index contributed by atoms with van der Waals surface area (Å²) >= 11 is 0. The van der Waals surface area contributed by atoms with E-state index in [0.717, 1.165) is 0 Å². The molecule has 2 N–H and O–H groups in total. The van der Waals surface area contributed by atoms with Crippen LogP contribution in [-0.2, 0) is 9.53 Å². The molecular weight excluding hydrogens is 168 g/mol. The summed E-state index contributed by atoms with van der Waals surface area (Å²) in [6.45, 7) is 7.24. The quantitative estimate of drug-likeness (QED) is 0.625. The minimum absolute atomic E-state index is 0.0289. The smallest absolute Gasteiger partial charge is 0.249 e. The van der Waals surface area contributed by atoms with Crippen LogP contribution in [0.15, 0.2) is 0 Å². The highest BCUT2D eigenvalue weighted by Gasteiger charge is 2.35. The molecule has 0 bridgehead atoms. The van der Waals surface area contributed by atoms with Gasteiger partial charge in [0.25, 0.3) is 0 Å². The van der Waals surface area contributed by atoms with Crippen LogP contribution < -0.4 is 5.73 Å².